The molecular formula is C10H21N3O3S. The van der Waals surface area contributed by atoms with Crippen molar-refractivity contribution >= 4 is 15.9 Å². The van der Waals surface area contributed by atoms with E-state index in [0.29, 0.717) is 13.1 Å². The molecule has 1 amide bonds. The maximum absolute atomic E-state index is 11.6. The molecule has 0 heterocycles. The normalized spacial score (nSPS) is 16.5. The van der Waals surface area contributed by atoms with E-state index in [0.717, 1.165) is 19.1 Å². The summed E-state index contributed by atoms with van der Waals surface area (Å²) >= 11 is 0. The van der Waals surface area contributed by atoms with Crippen molar-refractivity contribution < 1.29 is 13.2 Å². The molecule has 1 aliphatic rings. The second kappa shape index (κ2) is 5.79. The molecule has 0 unspecified atom stereocenters. The van der Waals surface area contributed by atoms with Crippen molar-refractivity contribution in [2.24, 2.45) is 0 Å². The van der Waals surface area contributed by atoms with E-state index in [9.17, 15) is 13.2 Å². The van der Waals surface area contributed by atoms with Crippen LogP contribution in [0.25, 0.3) is 0 Å². The van der Waals surface area contributed by atoms with Crippen molar-refractivity contribution in [3.05, 3.63) is 0 Å². The van der Waals surface area contributed by atoms with Crippen LogP contribution in [0.5, 0.6) is 0 Å². The summed E-state index contributed by atoms with van der Waals surface area (Å²) in [7, 11) is 0.406. The van der Waals surface area contributed by atoms with E-state index in [2.05, 4.69) is 5.32 Å². The van der Waals surface area contributed by atoms with Crippen LogP contribution in [0.1, 0.15) is 12.8 Å². The highest BCUT2D eigenvalue weighted by Crippen LogP contribution is 2.18. The third-order valence-corrected chi connectivity index (χ3v) is 3.78. The molecule has 0 atom stereocenters. The van der Waals surface area contributed by atoms with Gasteiger partial charge >= 0.3 is 0 Å². The molecule has 1 N–H and O–H groups in total. The van der Waals surface area contributed by atoms with E-state index in [-0.39, 0.29) is 18.5 Å². The first-order valence-corrected chi connectivity index (χ1v) is 7.53. The van der Waals surface area contributed by atoms with Gasteiger partial charge in [-0.15, -0.1) is 0 Å². The van der Waals surface area contributed by atoms with Gasteiger partial charge in [0.2, 0.25) is 15.9 Å². The number of amides is 1. The van der Waals surface area contributed by atoms with Crippen molar-refractivity contribution in [1.82, 2.24) is 14.5 Å². The van der Waals surface area contributed by atoms with Crippen molar-refractivity contribution in [1.29, 1.82) is 0 Å². The van der Waals surface area contributed by atoms with E-state index in [4.69, 9.17) is 0 Å². The standard InChI is InChI=1S/C10H21N3O3S/c1-12(2)6-7-13(17(3,15)16)8-10(14)11-9-4-5-9/h9H,4-8H2,1-3H3,(H,11,14). The van der Waals surface area contributed by atoms with E-state index >= 15 is 0 Å². The summed E-state index contributed by atoms with van der Waals surface area (Å²) in [5.74, 6) is -0.211. The van der Waals surface area contributed by atoms with Crippen LogP contribution in [0.15, 0.2) is 0 Å². The first-order valence-electron chi connectivity index (χ1n) is 5.68. The molecule has 0 aromatic heterocycles. The minimum absolute atomic E-state index is 0.0802. The molecule has 0 radical (unpaired) electrons. The van der Waals surface area contributed by atoms with Gasteiger partial charge in [-0.05, 0) is 26.9 Å². The predicted octanol–water partition coefficient (Wildman–Crippen LogP) is -0.912. The van der Waals surface area contributed by atoms with E-state index in [1.165, 1.54) is 4.31 Å². The van der Waals surface area contributed by atoms with E-state index in [1.54, 1.807) is 0 Å². The van der Waals surface area contributed by atoms with Gasteiger partial charge in [-0.3, -0.25) is 4.79 Å². The topological polar surface area (TPSA) is 69.7 Å². The molecule has 1 aliphatic carbocycles. The van der Waals surface area contributed by atoms with Crippen molar-refractivity contribution in [3.63, 3.8) is 0 Å². The van der Waals surface area contributed by atoms with E-state index in [1.807, 2.05) is 19.0 Å². The number of sulfonamides is 1. The average molecular weight is 263 g/mol. The first kappa shape index (κ1) is 14.4. The van der Waals surface area contributed by atoms with Gasteiger partial charge in [-0.25, -0.2) is 8.42 Å². The summed E-state index contributed by atoms with van der Waals surface area (Å²) in [6.07, 6.45) is 3.14. The fourth-order valence-electron chi connectivity index (χ4n) is 1.33. The highest BCUT2D eigenvalue weighted by molar-refractivity contribution is 7.88. The van der Waals surface area contributed by atoms with Crippen LogP contribution >= 0.6 is 0 Å². The second-order valence-electron chi connectivity index (χ2n) is 4.74. The smallest absolute Gasteiger partial charge is 0.235 e. The molecule has 0 aliphatic heterocycles. The van der Waals surface area contributed by atoms with Crippen LogP contribution in [-0.4, -0.2) is 69.6 Å². The fourth-order valence-corrected chi connectivity index (χ4v) is 2.10. The summed E-state index contributed by atoms with van der Waals surface area (Å²) in [5, 5.41) is 2.79. The highest BCUT2D eigenvalue weighted by atomic mass is 32.2. The molecule has 0 spiro atoms. The fraction of sp³-hybridized carbons (Fsp3) is 0.900. The Labute approximate surface area is 103 Å². The molecule has 0 saturated heterocycles. The summed E-state index contributed by atoms with van der Waals surface area (Å²) in [5.41, 5.74) is 0. The van der Waals surface area contributed by atoms with Crippen molar-refractivity contribution in [2.45, 2.75) is 18.9 Å². The second-order valence-corrected chi connectivity index (χ2v) is 6.72. The van der Waals surface area contributed by atoms with E-state index < -0.39 is 10.0 Å². The molecule has 17 heavy (non-hydrogen) atoms. The molecule has 0 aromatic rings. The van der Waals surface area contributed by atoms with Crippen LogP contribution in [0.3, 0.4) is 0 Å². The zero-order chi connectivity index (χ0) is 13.1. The minimum atomic E-state index is -3.33. The number of nitrogens with zero attached hydrogens (tertiary/aromatic N) is 2. The third kappa shape index (κ3) is 5.99. The van der Waals surface area contributed by atoms with Gasteiger partial charge in [0.25, 0.3) is 0 Å². The summed E-state index contributed by atoms with van der Waals surface area (Å²) in [6.45, 7) is 0.858. The molecule has 1 saturated carbocycles. The molecule has 100 valence electrons. The lowest BCUT2D eigenvalue weighted by Gasteiger charge is -2.21. The van der Waals surface area contributed by atoms with Gasteiger partial charge in [0.05, 0.1) is 12.8 Å². The lowest BCUT2D eigenvalue weighted by Crippen LogP contribution is -2.43. The Kier molecular flexibility index (Phi) is 4.91. The molecule has 1 fully saturated rings. The van der Waals surface area contributed by atoms with Gasteiger partial charge in [0, 0.05) is 19.1 Å². The van der Waals surface area contributed by atoms with Gasteiger partial charge < -0.3 is 10.2 Å². The largest absolute Gasteiger partial charge is 0.352 e. The Morgan fingerprint density at radius 1 is 1.29 bits per heavy atom. The monoisotopic (exact) mass is 263 g/mol. The Morgan fingerprint density at radius 2 is 1.88 bits per heavy atom. The van der Waals surface area contributed by atoms with Crippen LogP contribution in [0.4, 0.5) is 0 Å². The van der Waals surface area contributed by atoms with Gasteiger partial charge in [0.15, 0.2) is 0 Å². The number of rotatable bonds is 7. The maximum Gasteiger partial charge on any atom is 0.235 e. The Balaban J connectivity index is 2.47. The number of nitrogens with one attached hydrogen (secondary N) is 1. The zero-order valence-electron chi connectivity index (χ0n) is 10.6. The lowest BCUT2D eigenvalue weighted by molar-refractivity contribution is -0.121. The van der Waals surface area contributed by atoms with Crippen LogP contribution in [0, 0.1) is 0 Å². The Hall–Kier alpha value is -0.660. The molecule has 1 rings (SSSR count). The minimum Gasteiger partial charge on any atom is -0.352 e. The lowest BCUT2D eigenvalue weighted by atomic mass is 10.5. The average Bonchev–Trinajstić information content (AvgIpc) is 2.93. The Bertz CT molecular complexity index is 363. The van der Waals surface area contributed by atoms with Gasteiger partial charge in [-0.2, -0.15) is 4.31 Å². The van der Waals surface area contributed by atoms with Crippen LogP contribution in [-0.2, 0) is 14.8 Å². The van der Waals surface area contributed by atoms with Gasteiger partial charge in [0.1, 0.15) is 0 Å². The predicted molar refractivity (Wildman–Crippen MR) is 66.1 cm³/mol. The molecule has 0 aromatic carbocycles. The molecule has 6 nitrogen and oxygen atoms in total. The third-order valence-electron chi connectivity index (χ3n) is 2.53. The number of likely N-dealkylation sites (N-methyl/N-ethyl adjacent to an activating group) is 1. The summed E-state index contributed by atoms with van der Waals surface area (Å²) < 4.78 is 24.2. The number of carbonyl (C=O) groups is 1. The van der Waals surface area contributed by atoms with Crippen molar-refractivity contribution in [3.8, 4) is 0 Å². The van der Waals surface area contributed by atoms with Crippen molar-refractivity contribution in [2.75, 3.05) is 40.0 Å². The summed E-state index contributed by atoms with van der Waals surface area (Å²) in [6, 6.07) is 0.262. The maximum atomic E-state index is 11.6. The number of carbonyl (C=O) groups excluding carboxylic acids is 1. The Morgan fingerprint density at radius 3 is 2.29 bits per heavy atom. The van der Waals surface area contributed by atoms with Crippen LogP contribution in [0.2, 0.25) is 0 Å². The number of hydrogen-bond acceptors (Lipinski definition) is 4. The van der Waals surface area contributed by atoms with Crippen LogP contribution < -0.4 is 5.32 Å². The van der Waals surface area contributed by atoms with Gasteiger partial charge in [-0.1, -0.05) is 0 Å². The highest BCUT2D eigenvalue weighted by Gasteiger charge is 2.26. The SMILES string of the molecule is CN(C)CCN(CC(=O)NC1CC1)S(C)(=O)=O. The summed E-state index contributed by atoms with van der Waals surface area (Å²) in [4.78, 5) is 13.5. The quantitative estimate of drug-likeness (QED) is 0.645. The zero-order valence-corrected chi connectivity index (χ0v) is 11.5. The molecule has 0 bridgehead atoms. The first-order chi connectivity index (χ1) is 7.79. The number of hydrogen-bond donors (Lipinski definition) is 1. The molecule has 7 heteroatoms. The molecular weight excluding hydrogens is 242 g/mol.